The van der Waals surface area contributed by atoms with Crippen molar-refractivity contribution in [2.75, 3.05) is 19.9 Å². The molecule has 0 radical (unpaired) electrons. The monoisotopic (exact) mass is 344 g/mol. The van der Waals surface area contributed by atoms with Crippen molar-refractivity contribution >= 4 is 6.03 Å². The van der Waals surface area contributed by atoms with Gasteiger partial charge in [0.2, 0.25) is 6.79 Å². The van der Waals surface area contributed by atoms with Crippen LogP contribution < -0.4 is 14.8 Å². The van der Waals surface area contributed by atoms with E-state index in [4.69, 9.17) is 9.47 Å². The fraction of sp³-hybridized carbons (Fsp3) is 0.316. The van der Waals surface area contributed by atoms with E-state index in [0.29, 0.717) is 31.8 Å². The van der Waals surface area contributed by atoms with Gasteiger partial charge in [-0.1, -0.05) is 18.2 Å². The third-order valence-electron chi connectivity index (χ3n) is 4.06. The Kier molecular flexibility index (Phi) is 5.38. The molecule has 0 spiro atoms. The first kappa shape index (κ1) is 17.1. The molecule has 2 aromatic carbocycles. The summed E-state index contributed by atoms with van der Waals surface area (Å²) in [5.41, 5.74) is 1.84. The van der Waals surface area contributed by atoms with Gasteiger partial charge in [0, 0.05) is 19.6 Å². The molecule has 1 aliphatic rings. The summed E-state index contributed by atoms with van der Waals surface area (Å²) in [4.78, 5) is 14.1. The van der Waals surface area contributed by atoms with Gasteiger partial charge in [-0.2, -0.15) is 0 Å². The van der Waals surface area contributed by atoms with E-state index in [1.807, 2.05) is 31.2 Å². The number of nitrogens with one attached hydrogen (secondary N) is 1. The highest BCUT2D eigenvalue weighted by Gasteiger charge is 2.16. The minimum atomic E-state index is -0.262. The zero-order chi connectivity index (χ0) is 17.6. The van der Waals surface area contributed by atoms with E-state index in [2.05, 4.69) is 5.32 Å². The number of rotatable bonds is 6. The van der Waals surface area contributed by atoms with Crippen molar-refractivity contribution in [3.63, 3.8) is 0 Å². The fourth-order valence-corrected chi connectivity index (χ4v) is 2.70. The van der Waals surface area contributed by atoms with E-state index >= 15 is 0 Å². The molecule has 0 atom stereocenters. The van der Waals surface area contributed by atoms with Crippen molar-refractivity contribution in [2.24, 2.45) is 0 Å². The van der Waals surface area contributed by atoms with E-state index < -0.39 is 0 Å². The van der Waals surface area contributed by atoms with E-state index in [1.165, 1.54) is 12.1 Å². The second-order valence-electron chi connectivity index (χ2n) is 5.81. The molecule has 0 unspecified atom stereocenters. The molecular formula is C19H21FN2O3. The van der Waals surface area contributed by atoms with Gasteiger partial charge in [0.15, 0.2) is 11.5 Å². The summed E-state index contributed by atoms with van der Waals surface area (Å²) < 4.78 is 23.8. The second-order valence-corrected chi connectivity index (χ2v) is 5.81. The third-order valence-corrected chi connectivity index (χ3v) is 4.06. The lowest BCUT2D eigenvalue weighted by molar-refractivity contribution is 0.173. The lowest BCUT2D eigenvalue weighted by Gasteiger charge is -2.21. The van der Waals surface area contributed by atoms with Crippen LogP contribution in [0.1, 0.15) is 18.1 Å². The quantitative estimate of drug-likeness (QED) is 0.874. The molecule has 0 fully saturated rings. The summed E-state index contributed by atoms with van der Waals surface area (Å²) in [7, 11) is 0. The number of amides is 2. The van der Waals surface area contributed by atoms with E-state index in [1.54, 1.807) is 11.0 Å². The first-order valence-corrected chi connectivity index (χ1v) is 8.31. The van der Waals surface area contributed by atoms with Crippen LogP contribution in [-0.4, -0.2) is 30.8 Å². The number of hydrogen-bond donors (Lipinski definition) is 1. The van der Waals surface area contributed by atoms with Crippen LogP contribution in [0.4, 0.5) is 9.18 Å². The number of carbonyl (C=O) groups excluding carboxylic acids is 1. The van der Waals surface area contributed by atoms with Crippen molar-refractivity contribution in [3.8, 4) is 11.5 Å². The molecule has 0 bridgehead atoms. The van der Waals surface area contributed by atoms with Crippen molar-refractivity contribution < 1.29 is 18.7 Å². The molecule has 1 heterocycles. The van der Waals surface area contributed by atoms with Gasteiger partial charge in [-0.3, -0.25) is 0 Å². The van der Waals surface area contributed by atoms with Gasteiger partial charge in [0.1, 0.15) is 5.82 Å². The molecule has 6 heteroatoms. The molecule has 0 saturated heterocycles. The van der Waals surface area contributed by atoms with Gasteiger partial charge in [-0.05, 0) is 48.7 Å². The number of urea groups is 1. The maximum Gasteiger partial charge on any atom is 0.317 e. The largest absolute Gasteiger partial charge is 0.454 e. The maximum atomic E-state index is 13.2. The normalized spacial score (nSPS) is 12.1. The van der Waals surface area contributed by atoms with Gasteiger partial charge >= 0.3 is 6.03 Å². The second kappa shape index (κ2) is 7.88. The van der Waals surface area contributed by atoms with Crippen LogP contribution in [-0.2, 0) is 13.0 Å². The van der Waals surface area contributed by atoms with Crippen molar-refractivity contribution in [1.29, 1.82) is 0 Å². The Morgan fingerprint density at radius 3 is 2.80 bits per heavy atom. The number of hydrogen-bond acceptors (Lipinski definition) is 3. The van der Waals surface area contributed by atoms with Gasteiger partial charge < -0.3 is 19.7 Å². The van der Waals surface area contributed by atoms with Crippen molar-refractivity contribution in [3.05, 3.63) is 59.4 Å². The summed E-state index contributed by atoms with van der Waals surface area (Å²) in [6.45, 7) is 3.69. The molecule has 0 aliphatic carbocycles. The van der Waals surface area contributed by atoms with Crippen LogP contribution in [0.2, 0.25) is 0 Å². The minimum Gasteiger partial charge on any atom is -0.454 e. The number of halogens is 1. The summed E-state index contributed by atoms with van der Waals surface area (Å²) in [5.74, 6) is 1.17. The van der Waals surface area contributed by atoms with Crippen LogP contribution in [0, 0.1) is 5.82 Å². The smallest absolute Gasteiger partial charge is 0.317 e. The molecule has 2 amide bonds. The van der Waals surface area contributed by atoms with Gasteiger partial charge in [-0.15, -0.1) is 0 Å². The first-order chi connectivity index (χ1) is 12.2. The Morgan fingerprint density at radius 2 is 2.00 bits per heavy atom. The van der Waals surface area contributed by atoms with Gasteiger partial charge in [0.05, 0.1) is 0 Å². The zero-order valence-corrected chi connectivity index (χ0v) is 14.1. The predicted octanol–water partition coefficient (Wildman–Crippen LogP) is 3.33. The summed E-state index contributed by atoms with van der Waals surface area (Å²) in [6.07, 6.45) is 0.588. The van der Waals surface area contributed by atoms with Crippen molar-refractivity contribution in [2.45, 2.75) is 19.9 Å². The Labute approximate surface area is 146 Å². The molecule has 0 saturated carbocycles. The molecule has 25 heavy (non-hydrogen) atoms. The van der Waals surface area contributed by atoms with Crippen LogP contribution in [0.25, 0.3) is 0 Å². The molecule has 0 aromatic heterocycles. The van der Waals surface area contributed by atoms with Crippen LogP contribution in [0.5, 0.6) is 11.5 Å². The van der Waals surface area contributed by atoms with E-state index in [0.717, 1.165) is 16.9 Å². The molecule has 5 nitrogen and oxygen atoms in total. The summed E-state index contributed by atoms with van der Waals surface area (Å²) in [5, 5.41) is 2.88. The topological polar surface area (TPSA) is 50.8 Å². The predicted molar refractivity (Wildman–Crippen MR) is 92.2 cm³/mol. The Hall–Kier alpha value is -2.76. The molecule has 2 aromatic rings. The number of fused-ring (bicyclic) bond motifs is 1. The SMILES string of the molecule is CCN(Cc1ccc2c(c1)OCO2)C(=O)NCCc1cccc(F)c1. The van der Waals surface area contributed by atoms with Gasteiger partial charge in [0.25, 0.3) is 0 Å². The van der Waals surface area contributed by atoms with Crippen LogP contribution >= 0.6 is 0 Å². The standard InChI is InChI=1S/C19H21FN2O3/c1-2-22(12-15-6-7-17-18(11-15)25-13-24-17)19(23)21-9-8-14-4-3-5-16(20)10-14/h3-7,10-11H,2,8-9,12-13H2,1H3,(H,21,23). The molecule has 3 rings (SSSR count). The number of nitrogens with zero attached hydrogens (tertiary/aromatic N) is 1. The maximum absolute atomic E-state index is 13.2. The third kappa shape index (κ3) is 4.41. The number of carbonyl (C=O) groups is 1. The molecular weight excluding hydrogens is 323 g/mol. The first-order valence-electron chi connectivity index (χ1n) is 8.31. The van der Waals surface area contributed by atoms with E-state index in [9.17, 15) is 9.18 Å². The fourth-order valence-electron chi connectivity index (χ4n) is 2.70. The van der Waals surface area contributed by atoms with Crippen LogP contribution in [0.3, 0.4) is 0 Å². The van der Waals surface area contributed by atoms with Crippen LogP contribution in [0.15, 0.2) is 42.5 Å². The Balaban J connectivity index is 1.52. The zero-order valence-electron chi connectivity index (χ0n) is 14.1. The molecule has 132 valence electrons. The summed E-state index contributed by atoms with van der Waals surface area (Å²) in [6, 6.07) is 11.9. The average Bonchev–Trinajstić information content (AvgIpc) is 3.07. The average molecular weight is 344 g/mol. The Morgan fingerprint density at radius 1 is 1.16 bits per heavy atom. The van der Waals surface area contributed by atoms with E-state index in [-0.39, 0.29) is 18.6 Å². The summed E-state index contributed by atoms with van der Waals surface area (Å²) >= 11 is 0. The number of ether oxygens (including phenoxy) is 2. The minimum absolute atomic E-state index is 0.142. The molecule has 1 N–H and O–H groups in total. The number of benzene rings is 2. The van der Waals surface area contributed by atoms with Gasteiger partial charge in [-0.25, -0.2) is 9.18 Å². The van der Waals surface area contributed by atoms with Crippen molar-refractivity contribution in [1.82, 2.24) is 10.2 Å². The highest BCUT2D eigenvalue weighted by Crippen LogP contribution is 2.32. The molecule has 1 aliphatic heterocycles. The lowest BCUT2D eigenvalue weighted by atomic mass is 10.1. The highest BCUT2D eigenvalue weighted by molar-refractivity contribution is 5.74. The Bertz CT molecular complexity index is 751. The highest BCUT2D eigenvalue weighted by atomic mass is 19.1. The lowest BCUT2D eigenvalue weighted by Crippen LogP contribution is -2.40.